The van der Waals surface area contributed by atoms with Crippen molar-refractivity contribution < 1.29 is 47.7 Å². The quantitative estimate of drug-likeness (QED) is 0.112. The highest BCUT2D eigenvalue weighted by Crippen LogP contribution is 2.10. The van der Waals surface area contributed by atoms with E-state index in [2.05, 4.69) is 10.6 Å². The second-order valence-corrected chi connectivity index (χ2v) is 13.9. The minimum absolute atomic E-state index is 0.0234. The molecule has 17 nitrogen and oxygen atoms in total. The zero-order valence-corrected chi connectivity index (χ0v) is 29.2. The lowest BCUT2D eigenvalue weighted by molar-refractivity contribution is -0.140. The molecule has 1 atom stereocenters. The molecule has 3 rings (SSSR count). The van der Waals surface area contributed by atoms with Crippen LogP contribution in [-0.4, -0.2) is 164 Å². The fourth-order valence-electron chi connectivity index (χ4n) is 5.59. The molecule has 0 aliphatic carbocycles. The molecule has 1 aliphatic rings. The molecule has 18 heteroatoms. The maximum absolute atomic E-state index is 13.5. The molecule has 51 heavy (non-hydrogen) atoms. The first-order valence-electron chi connectivity index (χ1n) is 16.5. The predicted molar refractivity (Wildman–Crippen MR) is 185 cm³/mol. The van der Waals surface area contributed by atoms with Gasteiger partial charge in [-0.15, -0.1) is 0 Å². The number of nitrogens with zero attached hydrogens (tertiary/aromatic N) is 4. The Bertz CT molecular complexity index is 1550. The first-order chi connectivity index (χ1) is 24.2. The van der Waals surface area contributed by atoms with Gasteiger partial charge in [-0.2, -0.15) is 0 Å². The number of hydrogen-bond donors (Lipinski definition) is 6. The first-order valence-corrected chi connectivity index (χ1v) is 18.0. The minimum Gasteiger partial charge on any atom is -0.480 e. The molecule has 0 aromatic heterocycles. The van der Waals surface area contributed by atoms with E-state index in [0.29, 0.717) is 6.42 Å². The third-order valence-corrected chi connectivity index (χ3v) is 9.20. The molecule has 7 N–H and O–H groups in total. The summed E-state index contributed by atoms with van der Waals surface area (Å²) in [6.07, 6.45) is 0.595. The lowest BCUT2D eigenvalue weighted by Gasteiger charge is -2.33. The van der Waals surface area contributed by atoms with Gasteiger partial charge in [-0.05, 0) is 29.7 Å². The van der Waals surface area contributed by atoms with Crippen molar-refractivity contribution in [2.24, 2.45) is 5.14 Å². The van der Waals surface area contributed by atoms with E-state index >= 15 is 0 Å². The van der Waals surface area contributed by atoms with Crippen molar-refractivity contribution in [3.8, 4) is 0 Å². The van der Waals surface area contributed by atoms with Gasteiger partial charge in [-0.25, -0.2) is 13.6 Å². The molecule has 2 aromatic carbocycles. The molecular formula is C33H47N7O10S. The lowest BCUT2D eigenvalue weighted by Crippen LogP contribution is -2.53. The highest BCUT2D eigenvalue weighted by Gasteiger charge is 2.24. The molecule has 2 amide bonds. The van der Waals surface area contributed by atoms with Crippen LogP contribution in [0.5, 0.6) is 0 Å². The maximum atomic E-state index is 13.5. The monoisotopic (exact) mass is 733 g/mol. The second kappa shape index (κ2) is 20.4. The van der Waals surface area contributed by atoms with E-state index in [1.807, 2.05) is 30.3 Å². The Hall–Kier alpha value is -4.46. The topological polar surface area (TPSA) is 243 Å². The van der Waals surface area contributed by atoms with Gasteiger partial charge in [0.25, 0.3) is 0 Å². The Kier molecular flexibility index (Phi) is 16.4. The van der Waals surface area contributed by atoms with Gasteiger partial charge >= 0.3 is 17.9 Å². The van der Waals surface area contributed by atoms with Crippen molar-refractivity contribution in [3.63, 3.8) is 0 Å². The average Bonchev–Trinajstić information content (AvgIpc) is 3.05. The number of carbonyl (C=O) groups excluding carboxylic acids is 2. The van der Waals surface area contributed by atoms with Gasteiger partial charge in [0.15, 0.2) is 0 Å². The van der Waals surface area contributed by atoms with Crippen molar-refractivity contribution in [2.75, 3.05) is 85.1 Å². The number of sulfonamides is 1. The van der Waals surface area contributed by atoms with Crippen molar-refractivity contribution in [3.05, 3.63) is 65.7 Å². The van der Waals surface area contributed by atoms with Gasteiger partial charge in [0, 0.05) is 65.3 Å². The molecular weight excluding hydrogens is 686 g/mol. The molecule has 1 heterocycles. The smallest absolute Gasteiger partial charge is 0.317 e. The number of primary sulfonamides is 1. The number of carboxylic acids is 3. The zero-order chi connectivity index (χ0) is 37.4. The molecule has 280 valence electrons. The van der Waals surface area contributed by atoms with E-state index in [-0.39, 0.29) is 96.4 Å². The van der Waals surface area contributed by atoms with Crippen LogP contribution >= 0.6 is 0 Å². The summed E-state index contributed by atoms with van der Waals surface area (Å²) in [5.41, 5.74) is 1.58. The molecule has 1 aliphatic heterocycles. The summed E-state index contributed by atoms with van der Waals surface area (Å²) in [7, 11) is -3.83. The average molecular weight is 734 g/mol. The molecule has 0 bridgehead atoms. The van der Waals surface area contributed by atoms with Crippen LogP contribution in [0, 0.1) is 0 Å². The summed E-state index contributed by atoms with van der Waals surface area (Å²) in [5, 5.41) is 39.1. The molecule has 0 radical (unpaired) electrons. The van der Waals surface area contributed by atoms with Crippen LogP contribution in [0.2, 0.25) is 0 Å². The highest BCUT2D eigenvalue weighted by atomic mass is 32.2. The Labute approximate surface area is 297 Å². The summed E-state index contributed by atoms with van der Waals surface area (Å²) >= 11 is 0. The molecule has 1 fully saturated rings. The fraction of sp³-hybridized carbons (Fsp3) is 0.485. The summed E-state index contributed by atoms with van der Waals surface area (Å²) in [5.74, 6) is -4.05. The SMILES string of the molecule is NS(=O)(=O)c1ccc(CCNC(=O)C(Cc2ccccc2)NC(=O)CN2CCN(CC(=O)O)CCN(CC(=O)O)CCN(CC(=O)O)CC2)cc1. The van der Waals surface area contributed by atoms with Crippen LogP contribution in [0.15, 0.2) is 59.5 Å². The summed E-state index contributed by atoms with van der Waals surface area (Å²) < 4.78 is 23.1. The predicted octanol–water partition coefficient (Wildman–Crippen LogP) is -1.80. The number of carbonyl (C=O) groups is 5. The molecule has 0 saturated carbocycles. The highest BCUT2D eigenvalue weighted by molar-refractivity contribution is 7.89. The first kappa shape index (κ1) is 41.0. The van der Waals surface area contributed by atoms with Gasteiger partial charge in [0.1, 0.15) is 6.04 Å². The second-order valence-electron chi connectivity index (χ2n) is 12.3. The van der Waals surface area contributed by atoms with Crippen molar-refractivity contribution in [1.29, 1.82) is 0 Å². The lowest BCUT2D eigenvalue weighted by atomic mass is 10.0. The van der Waals surface area contributed by atoms with Crippen molar-refractivity contribution in [1.82, 2.24) is 30.2 Å². The minimum atomic E-state index is -3.83. The Balaban J connectivity index is 1.71. The molecule has 1 unspecified atom stereocenters. The van der Waals surface area contributed by atoms with Gasteiger partial charge in [-0.3, -0.25) is 43.6 Å². The number of carboxylic acid groups (broad SMARTS) is 3. The molecule has 1 saturated heterocycles. The van der Waals surface area contributed by atoms with E-state index in [1.54, 1.807) is 31.7 Å². The third kappa shape index (κ3) is 16.0. The number of nitrogens with one attached hydrogen (secondary N) is 2. The number of amides is 2. The van der Waals surface area contributed by atoms with Crippen LogP contribution in [0.1, 0.15) is 11.1 Å². The number of benzene rings is 2. The van der Waals surface area contributed by atoms with Crippen LogP contribution in [-0.2, 0) is 46.8 Å². The van der Waals surface area contributed by atoms with E-state index < -0.39 is 45.8 Å². The summed E-state index contributed by atoms with van der Waals surface area (Å²) in [4.78, 5) is 68.2. The van der Waals surface area contributed by atoms with E-state index in [9.17, 15) is 47.7 Å². The zero-order valence-electron chi connectivity index (χ0n) is 28.4. The van der Waals surface area contributed by atoms with Crippen molar-refractivity contribution >= 4 is 39.7 Å². The van der Waals surface area contributed by atoms with Crippen molar-refractivity contribution in [2.45, 2.75) is 23.8 Å². The number of rotatable bonds is 16. The largest absolute Gasteiger partial charge is 0.480 e. The maximum Gasteiger partial charge on any atom is 0.317 e. The van der Waals surface area contributed by atoms with Crippen LogP contribution in [0.3, 0.4) is 0 Å². The number of aliphatic carboxylic acids is 3. The fourth-order valence-corrected chi connectivity index (χ4v) is 6.10. The Morgan fingerprint density at radius 1 is 0.647 bits per heavy atom. The van der Waals surface area contributed by atoms with Crippen LogP contribution in [0.25, 0.3) is 0 Å². The normalized spacial score (nSPS) is 16.6. The van der Waals surface area contributed by atoms with Gasteiger partial charge < -0.3 is 26.0 Å². The summed E-state index contributed by atoms with van der Waals surface area (Å²) in [6, 6.07) is 14.2. The van der Waals surface area contributed by atoms with E-state index in [4.69, 9.17) is 5.14 Å². The third-order valence-electron chi connectivity index (χ3n) is 8.27. The molecule has 2 aromatic rings. The number of hydrogen-bond acceptors (Lipinski definition) is 11. The Morgan fingerprint density at radius 2 is 1.08 bits per heavy atom. The van der Waals surface area contributed by atoms with Gasteiger partial charge in [0.2, 0.25) is 21.8 Å². The standard InChI is InChI=1S/C33H47N7O10S/c34-51(49,50)27-8-6-25(7-9-27)10-11-35-33(48)28(20-26-4-2-1-3-5-26)36-29(41)21-37-12-14-38(22-30(42)43)16-18-40(24-32(46)47)19-17-39(15-13-37)23-31(44)45/h1-9,28H,10-24H2,(H,35,48)(H,36,41)(H,42,43)(H,44,45)(H,46,47)(H2,34,49,50). The number of nitrogens with two attached hydrogens (primary N) is 1. The Morgan fingerprint density at radius 3 is 1.49 bits per heavy atom. The van der Waals surface area contributed by atoms with Gasteiger partial charge in [0.05, 0.1) is 31.1 Å². The van der Waals surface area contributed by atoms with Gasteiger partial charge in [-0.1, -0.05) is 42.5 Å². The molecule has 0 spiro atoms. The van der Waals surface area contributed by atoms with Crippen LogP contribution < -0.4 is 15.8 Å². The summed E-state index contributed by atoms with van der Waals surface area (Å²) in [6.45, 7) is 1.17. The van der Waals surface area contributed by atoms with Crippen LogP contribution in [0.4, 0.5) is 0 Å². The van der Waals surface area contributed by atoms with E-state index in [0.717, 1.165) is 11.1 Å². The van der Waals surface area contributed by atoms with E-state index in [1.165, 1.54) is 12.1 Å².